The Kier molecular flexibility index (Phi) is 2.89. The Morgan fingerprint density at radius 1 is 1.36 bits per heavy atom. The van der Waals surface area contributed by atoms with E-state index in [9.17, 15) is 0 Å². The Hall–Kier alpha value is -1.38. The number of amidine groups is 1. The molecule has 0 fully saturated rings. The summed E-state index contributed by atoms with van der Waals surface area (Å²) >= 11 is 0. The van der Waals surface area contributed by atoms with Gasteiger partial charge in [0.2, 0.25) is 0 Å². The lowest BCUT2D eigenvalue weighted by Crippen LogP contribution is -2.22. The van der Waals surface area contributed by atoms with Crippen LogP contribution in [0, 0.1) is 6.92 Å². The van der Waals surface area contributed by atoms with Crippen molar-refractivity contribution in [2.75, 3.05) is 0 Å². The fourth-order valence-electron chi connectivity index (χ4n) is 1.10. The van der Waals surface area contributed by atoms with E-state index in [2.05, 4.69) is 9.98 Å². The van der Waals surface area contributed by atoms with Gasteiger partial charge in [0, 0.05) is 5.69 Å². The average Bonchev–Trinajstić information content (AvgIpc) is 2.01. The molecule has 0 aliphatic heterocycles. The summed E-state index contributed by atoms with van der Waals surface area (Å²) in [6.07, 6.45) is 0. The Morgan fingerprint density at radius 2 is 2.00 bits per heavy atom. The highest BCUT2D eigenvalue weighted by Gasteiger charge is 2.09. The molecule has 1 rings (SSSR count). The van der Waals surface area contributed by atoms with Crippen molar-refractivity contribution in [3.05, 3.63) is 29.6 Å². The smallest absolute Gasteiger partial charge is 0.145 e. The van der Waals surface area contributed by atoms with E-state index in [1.165, 1.54) is 0 Å². The number of aliphatic imine (C=N–C) groups is 1. The van der Waals surface area contributed by atoms with Crippen molar-refractivity contribution in [3.63, 3.8) is 0 Å². The van der Waals surface area contributed by atoms with Gasteiger partial charge in [-0.2, -0.15) is 0 Å². The first-order valence-electron chi connectivity index (χ1n) is 4.68. The predicted octanol–water partition coefficient (Wildman–Crippen LogP) is 1.89. The Morgan fingerprint density at radius 3 is 2.50 bits per heavy atom. The van der Waals surface area contributed by atoms with Crippen molar-refractivity contribution in [2.24, 2.45) is 10.7 Å². The van der Waals surface area contributed by atoms with Crippen LogP contribution in [0.1, 0.15) is 32.2 Å². The van der Waals surface area contributed by atoms with Gasteiger partial charge in [-0.25, -0.2) is 4.98 Å². The largest absolute Gasteiger partial charge is 0.382 e. The van der Waals surface area contributed by atoms with Gasteiger partial charge in [0.1, 0.15) is 11.5 Å². The van der Waals surface area contributed by atoms with Crippen molar-refractivity contribution >= 4 is 5.84 Å². The molecule has 0 aliphatic carbocycles. The van der Waals surface area contributed by atoms with Gasteiger partial charge in [0.15, 0.2) is 0 Å². The molecule has 3 heteroatoms. The van der Waals surface area contributed by atoms with Gasteiger partial charge in [-0.1, -0.05) is 6.07 Å². The third kappa shape index (κ3) is 3.17. The molecule has 0 spiro atoms. The second-order valence-electron chi connectivity index (χ2n) is 4.33. The SMILES string of the molecule is Cc1cccc(C(N)=NC(C)(C)C)n1. The van der Waals surface area contributed by atoms with Crippen LogP contribution in [-0.2, 0) is 0 Å². The van der Waals surface area contributed by atoms with Crippen LogP contribution in [0.4, 0.5) is 0 Å². The van der Waals surface area contributed by atoms with Crippen LogP contribution < -0.4 is 5.73 Å². The monoisotopic (exact) mass is 191 g/mol. The molecule has 0 amide bonds. The summed E-state index contributed by atoms with van der Waals surface area (Å²) in [6.45, 7) is 7.97. The zero-order valence-corrected chi connectivity index (χ0v) is 9.20. The highest BCUT2D eigenvalue weighted by molar-refractivity contribution is 5.95. The molecule has 14 heavy (non-hydrogen) atoms. The molecule has 0 saturated carbocycles. The maximum absolute atomic E-state index is 5.84. The van der Waals surface area contributed by atoms with E-state index in [0.29, 0.717) is 5.84 Å². The maximum atomic E-state index is 5.84. The molecular weight excluding hydrogens is 174 g/mol. The van der Waals surface area contributed by atoms with Crippen molar-refractivity contribution in [1.29, 1.82) is 0 Å². The molecule has 1 aromatic heterocycles. The fourth-order valence-corrected chi connectivity index (χ4v) is 1.10. The predicted molar refractivity (Wildman–Crippen MR) is 59.5 cm³/mol. The summed E-state index contributed by atoms with van der Waals surface area (Å²) in [5.41, 5.74) is 7.38. The minimum Gasteiger partial charge on any atom is -0.382 e. The van der Waals surface area contributed by atoms with Crippen molar-refractivity contribution in [1.82, 2.24) is 4.98 Å². The number of aryl methyl sites for hydroxylation is 1. The summed E-state index contributed by atoms with van der Waals surface area (Å²) in [5.74, 6) is 0.501. The van der Waals surface area contributed by atoms with Crippen molar-refractivity contribution < 1.29 is 0 Å². The van der Waals surface area contributed by atoms with Gasteiger partial charge < -0.3 is 5.73 Å². The maximum Gasteiger partial charge on any atom is 0.145 e. The zero-order chi connectivity index (χ0) is 10.8. The molecule has 0 unspecified atom stereocenters. The molecule has 0 aliphatic rings. The molecule has 76 valence electrons. The Balaban J connectivity index is 3.01. The third-order valence-electron chi connectivity index (χ3n) is 1.61. The molecule has 0 saturated heterocycles. The molecule has 0 aromatic carbocycles. The fraction of sp³-hybridized carbons (Fsp3) is 0.455. The second-order valence-corrected chi connectivity index (χ2v) is 4.33. The van der Waals surface area contributed by atoms with Gasteiger partial charge >= 0.3 is 0 Å². The zero-order valence-electron chi connectivity index (χ0n) is 9.20. The molecule has 0 radical (unpaired) electrons. The van der Waals surface area contributed by atoms with Crippen LogP contribution in [0.3, 0.4) is 0 Å². The lowest BCUT2D eigenvalue weighted by molar-refractivity contribution is 0.583. The van der Waals surface area contributed by atoms with Gasteiger partial charge in [-0.3, -0.25) is 4.99 Å². The number of pyridine rings is 1. The van der Waals surface area contributed by atoms with E-state index >= 15 is 0 Å². The van der Waals surface area contributed by atoms with Crippen LogP contribution in [0.5, 0.6) is 0 Å². The highest BCUT2D eigenvalue weighted by Crippen LogP contribution is 2.08. The third-order valence-corrected chi connectivity index (χ3v) is 1.61. The number of hydrogen-bond donors (Lipinski definition) is 1. The van der Waals surface area contributed by atoms with Crippen LogP contribution in [0.2, 0.25) is 0 Å². The first kappa shape index (κ1) is 10.7. The summed E-state index contributed by atoms with van der Waals surface area (Å²) < 4.78 is 0. The van der Waals surface area contributed by atoms with Gasteiger partial charge in [-0.15, -0.1) is 0 Å². The highest BCUT2D eigenvalue weighted by atomic mass is 14.9. The normalized spacial score (nSPS) is 13.0. The first-order chi connectivity index (χ1) is 6.38. The minimum atomic E-state index is -0.157. The van der Waals surface area contributed by atoms with Gasteiger partial charge in [0.05, 0.1) is 5.54 Å². The second kappa shape index (κ2) is 3.78. The van der Waals surface area contributed by atoms with E-state index < -0.39 is 0 Å². The van der Waals surface area contributed by atoms with Crippen molar-refractivity contribution in [3.8, 4) is 0 Å². The Bertz CT molecular complexity index is 348. The van der Waals surface area contributed by atoms with Crippen LogP contribution >= 0.6 is 0 Å². The number of hydrogen-bond acceptors (Lipinski definition) is 2. The van der Waals surface area contributed by atoms with E-state index in [1.54, 1.807) is 0 Å². The van der Waals surface area contributed by atoms with E-state index in [4.69, 9.17) is 5.73 Å². The number of rotatable bonds is 1. The standard InChI is InChI=1S/C11H17N3/c1-8-6-5-7-9(13-8)10(12)14-11(2,3)4/h5-7H,1-4H3,(H2,12,14). The molecular formula is C11H17N3. The number of aromatic nitrogens is 1. The van der Waals surface area contributed by atoms with Crippen LogP contribution in [-0.4, -0.2) is 16.4 Å². The van der Waals surface area contributed by atoms with E-state index in [-0.39, 0.29) is 5.54 Å². The molecule has 1 heterocycles. The van der Waals surface area contributed by atoms with Crippen LogP contribution in [0.25, 0.3) is 0 Å². The van der Waals surface area contributed by atoms with Gasteiger partial charge in [-0.05, 0) is 39.8 Å². The number of nitrogens with two attached hydrogens (primary N) is 1. The first-order valence-corrected chi connectivity index (χ1v) is 4.68. The molecule has 2 N–H and O–H groups in total. The lowest BCUT2D eigenvalue weighted by atomic mass is 10.1. The molecule has 0 bridgehead atoms. The summed E-state index contributed by atoms with van der Waals surface area (Å²) in [5, 5.41) is 0. The van der Waals surface area contributed by atoms with Crippen LogP contribution in [0.15, 0.2) is 23.2 Å². The lowest BCUT2D eigenvalue weighted by Gasteiger charge is -2.13. The topological polar surface area (TPSA) is 51.3 Å². The quantitative estimate of drug-likeness (QED) is 0.544. The number of nitrogens with zero attached hydrogens (tertiary/aromatic N) is 2. The summed E-state index contributed by atoms with van der Waals surface area (Å²) in [4.78, 5) is 8.65. The van der Waals surface area contributed by atoms with Crippen molar-refractivity contribution in [2.45, 2.75) is 33.2 Å². The summed E-state index contributed by atoms with van der Waals surface area (Å²) in [7, 11) is 0. The van der Waals surface area contributed by atoms with E-state index in [1.807, 2.05) is 45.9 Å². The minimum absolute atomic E-state index is 0.157. The molecule has 3 nitrogen and oxygen atoms in total. The molecule has 1 aromatic rings. The molecule has 0 atom stereocenters. The Labute approximate surface area is 85.1 Å². The average molecular weight is 191 g/mol. The summed E-state index contributed by atoms with van der Waals surface area (Å²) in [6, 6.07) is 5.74. The van der Waals surface area contributed by atoms with Gasteiger partial charge in [0.25, 0.3) is 0 Å². The van der Waals surface area contributed by atoms with E-state index in [0.717, 1.165) is 11.4 Å².